The van der Waals surface area contributed by atoms with E-state index in [0.29, 0.717) is 0 Å². The van der Waals surface area contributed by atoms with E-state index in [9.17, 15) is 19.2 Å². The molecule has 31 heavy (non-hydrogen) atoms. The van der Waals surface area contributed by atoms with Gasteiger partial charge in [0, 0.05) is 11.3 Å². The third-order valence-electron chi connectivity index (χ3n) is 4.60. The van der Waals surface area contributed by atoms with Crippen LogP contribution in [0.4, 0.5) is 5.69 Å². The van der Waals surface area contributed by atoms with Gasteiger partial charge in [0.15, 0.2) is 0 Å². The van der Waals surface area contributed by atoms with Gasteiger partial charge >= 0.3 is 11.9 Å². The number of esters is 2. The lowest BCUT2D eigenvalue weighted by atomic mass is 10.1. The van der Waals surface area contributed by atoms with E-state index >= 15 is 0 Å². The molecule has 7 nitrogen and oxygen atoms in total. The second kappa shape index (κ2) is 9.78. The quantitative estimate of drug-likeness (QED) is 0.477. The normalized spacial score (nSPS) is 15.8. The highest BCUT2D eigenvalue weighted by molar-refractivity contribution is 8.00. The van der Waals surface area contributed by atoms with E-state index in [1.165, 1.54) is 30.0 Å². The lowest BCUT2D eigenvalue weighted by Gasteiger charge is -2.17. The largest absolute Gasteiger partial charge is 0.462 e. The van der Waals surface area contributed by atoms with Gasteiger partial charge in [0.25, 0.3) is 0 Å². The Balaban J connectivity index is 1.93. The first-order valence-corrected chi connectivity index (χ1v) is 10.8. The Bertz CT molecular complexity index is 981. The second-order valence-electron chi connectivity index (χ2n) is 6.90. The molecule has 2 amide bonds. The molecule has 1 heterocycles. The van der Waals surface area contributed by atoms with Crippen LogP contribution in [-0.4, -0.2) is 42.2 Å². The van der Waals surface area contributed by atoms with Crippen molar-refractivity contribution in [2.75, 3.05) is 18.1 Å². The number of ether oxygens (including phenoxy) is 2. The number of carbonyl (C=O) groups excluding carboxylic acids is 4. The van der Waals surface area contributed by atoms with E-state index in [0.717, 1.165) is 15.4 Å². The summed E-state index contributed by atoms with van der Waals surface area (Å²) in [5.74, 6) is -2.10. The molecule has 162 valence electrons. The van der Waals surface area contributed by atoms with Gasteiger partial charge in [-0.1, -0.05) is 17.7 Å². The number of hydrogen-bond acceptors (Lipinski definition) is 7. The van der Waals surface area contributed by atoms with Gasteiger partial charge < -0.3 is 9.47 Å². The topological polar surface area (TPSA) is 90.0 Å². The first kappa shape index (κ1) is 22.6. The molecule has 1 saturated heterocycles. The van der Waals surface area contributed by atoms with Crippen molar-refractivity contribution in [2.24, 2.45) is 0 Å². The molecule has 8 heteroatoms. The monoisotopic (exact) mass is 441 g/mol. The zero-order valence-corrected chi connectivity index (χ0v) is 18.4. The summed E-state index contributed by atoms with van der Waals surface area (Å²) in [4.78, 5) is 52.2. The molecule has 0 aromatic heterocycles. The number of benzene rings is 2. The number of nitrogens with zero attached hydrogens (tertiary/aromatic N) is 1. The molecule has 2 aromatic rings. The van der Waals surface area contributed by atoms with Crippen molar-refractivity contribution in [2.45, 2.75) is 37.3 Å². The number of carbonyl (C=O) groups is 4. The second-order valence-corrected chi connectivity index (χ2v) is 8.18. The van der Waals surface area contributed by atoms with Gasteiger partial charge in [0.2, 0.25) is 11.8 Å². The maximum absolute atomic E-state index is 13.1. The number of amides is 2. The van der Waals surface area contributed by atoms with Crippen molar-refractivity contribution < 1.29 is 28.7 Å². The molecule has 1 aliphatic rings. The molecule has 0 radical (unpaired) electrons. The van der Waals surface area contributed by atoms with Crippen LogP contribution in [-0.2, 0) is 19.1 Å². The van der Waals surface area contributed by atoms with Crippen LogP contribution in [0.5, 0.6) is 0 Å². The van der Waals surface area contributed by atoms with E-state index < -0.39 is 29.0 Å². The van der Waals surface area contributed by atoms with Crippen molar-refractivity contribution in [1.29, 1.82) is 0 Å². The summed E-state index contributed by atoms with van der Waals surface area (Å²) in [6, 6.07) is 11.8. The van der Waals surface area contributed by atoms with Crippen molar-refractivity contribution in [3.63, 3.8) is 0 Å². The van der Waals surface area contributed by atoms with Crippen LogP contribution < -0.4 is 4.90 Å². The predicted octanol–water partition coefficient (Wildman–Crippen LogP) is 3.77. The molecule has 0 N–H and O–H groups in total. The van der Waals surface area contributed by atoms with Gasteiger partial charge in [0.05, 0.1) is 35.3 Å². The molecular formula is C23H23NO6S. The molecular weight excluding hydrogens is 418 g/mol. The Kier molecular flexibility index (Phi) is 7.12. The summed E-state index contributed by atoms with van der Waals surface area (Å²) in [7, 11) is 0. The Hall–Kier alpha value is -3.13. The number of imide groups is 1. The zero-order valence-electron chi connectivity index (χ0n) is 17.5. The highest BCUT2D eigenvalue weighted by Crippen LogP contribution is 2.35. The van der Waals surface area contributed by atoms with Crippen LogP contribution in [0.1, 0.15) is 46.5 Å². The molecule has 0 aliphatic carbocycles. The molecule has 1 aliphatic heterocycles. The Morgan fingerprint density at radius 2 is 1.52 bits per heavy atom. The van der Waals surface area contributed by atoms with Crippen LogP contribution in [0.3, 0.4) is 0 Å². The van der Waals surface area contributed by atoms with Crippen LogP contribution in [0, 0.1) is 6.92 Å². The minimum atomic E-state index is -0.653. The smallest absolute Gasteiger partial charge is 0.338 e. The maximum atomic E-state index is 13.1. The highest BCUT2D eigenvalue weighted by Gasteiger charge is 2.40. The maximum Gasteiger partial charge on any atom is 0.338 e. The van der Waals surface area contributed by atoms with E-state index in [2.05, 4.69) is 0 Å². The zero-order chi connectivity index (χ0) is 22.5. The molecule has 0 saturated carbocycles. The van der Waals surface area contributed by atoms with Crippen molar-refractivity contribution in [3.05, 3.63) is 59.2 Å². The fourth-order valence-corrected chi connectivity index (χ4v) is 4.21. The minimum Gasteiger partial charge on any atom is -0.462 e. The van der Waals surface area contributed by atoms with Gasteiger partial charge in [-0.15, -0.1) is 11.8 Å². The molecule has 2 aromatic carbocycles. The first-order chi connectivity index (χ1) is 14.8. The summed E-state index contributed by atoms with van der Waals surface area (Å²) >= 11 is 1.31. The van der Waals surface area contributed by atoms with Gasteiger partial charge in [-0.3, -0.25) is 9.59 Å². The van der Waals surface area contributed by atoms with Crippen LogP contribution in [0.25, 0.3) is 0 Å². The third kappa shape index (κ3) is 5.14. The third-order valence-corrected chi connectivity index (χ3v) is 5.80. The van der Waals surface area contributed by atoms with Crippen LogP contribution in [0.15, 0.2) is 47.4 Å². The van der Waals surface area contributed by atoms with Gasteiger partial charge in [-0.05, 0) is 51.1 Å². The summed E-state index contributed by atoms with van der Waals surface area (Å²) in [5, 5.41) is -0.590. The van der Waals surface area contributed by atoms with Gasteiger partial charge in [-0.25, -0.2) is 14.5 Å². The first-order valence-electron chi connectivity index (χ1n) is 9.93. The van der Waals surface area contributed by atoms with Gasteiger partial charge in [-0.2, -0.15) is 0 Å². The molecule has 1 atom stereocenters. The predicted molar refractivity (Wildman–Crippen MR) is 116 cm³/mol. The number of thioether (sulfide) groups is 1. The number of rotatable bonds is 7. The molecule has 0 bridgehead atoms. The van der Waals surface area contributed by atoms with E-state index in [4.69, 9.17) is 9.47 Å². The van der Waals surface area contributed by atoms with Gasteiger partial charge in [0.1, 0.15) is 0 Å². The number of hydrogen-bond donors (Lipinski definition) is 0. The summed E-state index contributed by atoms with van der Waals surface area (Å²) < 4.78 is 10.0. The van der Waals surface area contributed by atoms with E-state index in [1.807, 2.05) is 31.2 Å². The summed E-state index contributed by atoms with van der Waals surface area (Å²) in [6.45, 7) is 5.59. The Morgan fingerprint density at radius 3 is 2.03 bits per heavy atom. The fourth-order valence-electron chi connectivity index (χ4n) is 3.15. The van der Waals surface area contributed by atoms with E-state index in [-0.39, 0.29) is 36.4 Å². The lowest BCUT2D eigenvalue weighted by molar-refractivity contribution is -0.121. The lowest BCUT2D eigenvalue weighted by Crippen LogP contribution is -2.31. The molecule has 1 unspecified atom stereocenters. The molecule has 3 rings (SSSR count). The number of anilines is 1. The van der Waals surface area contributed by atoms with Crippen molar-refractivity contribution in [1.82, 2.24) is 0 Å². The standard InChI is InChI=1S/C23H23NO6S/c1-4-29-22(27)15-10-16(23(28)30-5-2)12-17(11-15)24-20(25)13-19(21(24)26)31-18-8-6-14(3)7-9-18/h6-12,19H,4-5,13H2,1-3H3. The Labute approximate surface area is 184 Å². The number of aryl methyl sites for hydroxylation is 1. The summed E-state index contributed by atoms with van der Waals surface area (Å²) in [5.41, 5.74) is 1.38. The average molecular weight is 442 g/mol. The Morgan fingerprint density at radius 1 is 0.968 bits per heavy atom. The van der Waals surface area contributed by atoms with Crippen LogP contribution >= 0.6 is 11.8 Å². The molecule has 1 fully saturated rings. The molecule has 0 spiro atoms. The van der Waals surface area contributed by atoms with Crippen molar-refractivity contribution >= 4 is 41.2 Å². The van der Waals surface area contributed by atoms with Crippen molar-refractivity contribution in [3.8, 4) is 0 Å². The average Bonchev–Trinajstić information content (AvgIpc) is 3.02. The summed E-state index contributed by atoms with van der Waals surface area (Å²) in [6.07, 6.45) is 0.0236. The van der Waals surface area contributed by atoms with Crippen LogP contribution in [0.2, 0.25) is 0 Å². The SMILES string of the molecule is CCOC(=O)c1cc(C(=O)OCC)cc(N2C(=O)CC(Sc3ccc(C)cc3)C2=O)c1. The highest BCUT2D eigenvalue weighted by atomic mass is 32.2. The minimum absolute atomic E-state index is 0.0236. The fraction of sp³-hybridized carbons (Fsp3) is 0.304. The van der Waals surface area contributed by atoms with E-state index in [1.54, 1.807) is 13.8 Å².